The van der Waals surface area contributed by atoms with Gasteiger partial charge in [0.1, 0.15) is 18.5 Å². The zero-order valence-electron chi connectivity index (χ0n) is 14.2. The van der Waals surface area contributed by atoms with E-state index in [4.69, 9.17) is 9.26 Å². The van der Waals surface area contributed by atoms with Crippen molar-refractivity contribution < 1.29 is 26.8 Å². The van der Waals surface area contributed by atoms with E-state index < -0.39 is 6.10 Å². The van der Waals surface area contributed by atoms with E-state index in [-0.39, 0.29) is 19.0 Å². The molecule has 2 N–H and O–H groups in total. The van der Waals surface area contributed by atoms with Crippen LogP contribution >= 0.6 is 0 Å². The van der Waals surface area contributed by atoms with Crippen LogP contribution in [0.4, 0.5) is 0 Å². The summed E-state index contributed by atoms with van der Waals surface area (Å²) >= 11 is 0. The van der Waals surface area contributed by atoms with Crippen molar-refractivity contribution in [2.75, 3.05) is 13.2 Å². The van der Waals surface area contributed by atoms with Crippen LogP contribution in [0.25, 0.3) is 12.2 Å². The number of aliphatic hydroxyl groups excluding tert-OH is 1. The van der Waals surface area contributed by atoms with Gasteiger partial charge in [-0.05, 0) is 30.7 Å². The van der Waals surface area contributed by atoms with Crippen molar-refractivity contribution in [2.45, 2.75) is 32.9 Å². The fraction of sp³-hybridized carbons (Fsp3) is 0.389. The van der Waals surface area contributed by atoms with Gasteiger partial charge in [0.2, 0.25) is 0 Å². The standard InChI is InChI=1S/C18H24N2O3.ClH/c1-13(2)19-11-16(21)12-22-17-7-4-15(5-8-17)6-9-18-10-14(3)20-23-18;/h4-10,13,16,19,21H,11-12H2,1-3H3;1H/p-1/b9-6+;. The molecular weight excluding hydrogens is 328 g/mol. The second-order valence-corrected chi connectivity index (χ2v) is 5.80. The number of hydrogen-bond donors (Lipinski definition) is 2. The van der Waals surface area contributed by atoms with Crippen LogP contribution in [0.3, 0.4) is 0 Å². The SMILES string of the molecule is Cc1cc(/C=C/c2ccc(OCC(O)CNC(C)C)cc2)on1.[Cl-]. The van der Waals surface area contributed by atoms with Gasteiger partial charge in [-0.25, -0.2) is 0 Å². The second kappa shape index (κ2) is 10.1. The van der Waals surface area contributed by atoms with Gasteiger partial charge in [0.05, 0.1) is 5.69 Å². The molecule has 1 aromatic carbocycles. The minimum absolute atomic E-state index is 0. The number of hydrogen-bond acceptors (Lipinski definition) is 5. The van der Waals surface area contributed by atoms with Crippen LogP contribution in [0, 0.1) is 6.92 Å². The molecule has 1 aromatic heterocycles. The summed E-state index contributed by atoms with van der Waals surface area (Å²) in [6, 6.07) is 9.90. The van der Waals surface area contributed by atoms with E-state index in [9.17, 15) is 5.11 Å². The first-order valence-corrected chi connectivity index (χ1v) is 7.78. The number of nitrogens with zero attached hydrogens (tertiary/aromatic N) is 1. The third kappa shape index (κ3) is 7.17. The number of benzene rings is 1. The Morgan fingerprint density at radius 1 is 1.25 bits per heavy atom. The molecule has 2 aromatic rings. The molecule has 0 aliphatic rings. The maximum absolute atomic E-state index is 9.81. The van der Waals surface area contributed by atoms with E-state index in [1.807, 2.05) is 63.3 Å². The Hall–Kier alpha value is -1.82. The average Bonchev–Trinajstić information content (AvgIpc) is 2.95. The van der Waals surface area contributed by atoms with Gasteiger partial charge in [-0.1, -0.05) is 37.2 Å². The van der Waals surface area contributed by atoms with Crippen molar-refractivity contribution in [3.05, 3.63) is 47.3 Å². The number of nitrogens with one attached hydrogen (secondary N) is 1. The van der Waals surface area contributed by atoms with Crippen LogP contribution in [0.5, 0.6) is 5.75 Å². The summed E-state index contributed by atoms with van der Waals surface area (Å²) in [7, 11) is 0. The molecule has 0 fully saturated rings. The fourth-order valence-electron chi connectivity index (χ4n) is 1.94. The number of ether oxygens (including phenoxy) is 1. The Balaban J connectivity index is 0.00000288. The number of aliphatic hydroxyl groups is 1. The fourth-order valence-corrected chi connectivity index (χ4v) is 1.94. The molecule has 0 spiro atoms. The Labute approximate surface area is 149 Å². The molecule has 0 saturated carbocycles. The van der Waals surface area contributed by atoms with Crippen molar-refractivity contribution in [2.24, 2.45) is 0 Å². The predicted octanol–water partition coefficient (Wildman–Crippen LogP) is -0.105. The summed E-state index contributed by atoms with van der Waals surface area (Å²) in [4.78, 5) is 0. The van der Waals surface area contributed by atoms with Gasteiger partial charge in [0, 0.05) is 18.7 Å². The quantitative estimate of drug-likeness (QED) is 0.695. The maximum atomic E-state index is 9.81. The summed E-state index contributed by atoms with van der Waals surface area (Å²) in [5.74, 6) is 1.46. The smallest absolute Gasteiger partial charge is 0.159 e. The zero-order chi connectivity index (χ0) is 16.7. The van der Waals surface area contributed by atoms with Crippen LogP contribution < -0.4 is 22.5 Å². The zero-order valence-corrected chi connectivity index (χ0v) is 15.0. The van der Waals surface area contributed by atoms with Crippen molar-refractivity contribution in [1.29, 1.82) is 0 Å². The molecule has 1 heterocycles. The molecule has 132 valence electrons. The first-order chi connectivity index (χ1) is 11.0. The van der Waals surface area contributed by atoms with Crippen molar-refractivity contribution in [1.82, 2.24) is 10.5 Å². The van der Waals surface area contributed by atoms with Gasteiger partial charge >= 0.3 is 0 Å². The summed E-state index contributed by atoms with van der Waals surface area (Å²) in [6.45, 7) is 6.76. The lowest BCUT2D eigenvalue weighted by Crippen LogP contribution is -3.00. The lowest BCUT2D eigenvalue weighted by Gasteiger charge is -2.15. The first kappa shape index (κ1) is 20.2. The summed E-state index contributed by atoms with van der Waals surface area (Å²) in [5.41, 5.74) is 1.90. The van der Waals surface area contributed by atoms with Crippen LogP contribution in [0.15, 0.2) is 34.9 Å². The third-order valence-electron chi connectivity index (χ3n) is 3.17. The van der Waals surface area contributed by atoms with E-state index in [2.05, 4.69) is 10.5 Å². The average molecular weight is 352 g/mol. The molecule has 0 bridgehead atoms. The molecule has 1 atom stereocenters. The van der Waals surface area contributed by atoms with Gasteiger partial charge in [-0.15, -0.1) is 0 Å². The molecule has 2 rings (SSSR count). The molecule has 6 heteroatoms. The topological polar surface area (TPSA) is 67.5 Å². The molecule has 0 aliphatic heterocycles. The minimum atomic E-state index is -0.522. The lowest BCUT2D eigenvalue weighted by molar-refractivity contribution is -0.00000706. The number of rotatable bonds is 8. The minimum Gasteiger partial charge on any atom is -1.00 e. The lowest BCUT2D eigenvalue weighted by atomic mass is 10.2. The van der Waals surface area contributed by atoms with Crippen LogP contribution in [0.2, 0.25) is 0 Å². The maximum Gasteiger partial charge on any atom is 0.159 e. The van der Waals surface area contributed by atoms with Crippen molar-refractivity contribution in [3.8, 4) is 5.75 Å². The molecule has 0 amide bonds. The van der Waals surface area contributed by atoms with Gasteiger partial charge < -0.3 is 32.1 Å². The monoisotopic (exact) mass is 351 g/mol. The van der Waals surface area contributed by atoms with Crippen molar-refractivity contribution >= 4 is 12.2 Å². The van der Waals surface area contributed by atoms with Gasteiger partial charge in [0.15, 0.2) is 5.76 Å². The van der Waals surface area contributed by atoms with E-state index in [1.165, 1.54) is 0 Å². The number of aryl methyl sites for hydroxylation is 1. The van der Waals surface area contributed by atoms with Gasteiger partial charge in [-0.2, -0.15) is 0 Å². The molecule has 24 heavy (non-hydrogen) atoms. The van der Waals surface area contributed by atoms with Crippen LogP contribution in [-0.4, -0.2) is 35.6 Å². The van der Waals surface area contributed by atoms with Crippen LogP contribution in [-0.2, 0) is 0 Å². The largest absolute Gasteiger partial charge is 1.00 e. The molecule has 0 saturated heterocycles. The highest BCUT2D eigenvalue weighted by atomic mass is 35.5. The molecule has 1 unspecified atom stereocenters. The van der Waals surface area contributed by atoms with E-state index in [0.29, 0.717) is 12.6 Å². The predicted molar refractivity (Wildman–Crippen MR) is 91.3 cm³/mol. The van der Waals surface area contributed by atoms with E-state index in [1.54, 1.807) is 0 Å². The summed E-state index contributed by atoms with van der Waals surface area (Å²) in [6.07, 6.45) is 3.30. The summed E-state index contributed by atoms with van der Waals surface area (Å²) in [5, 5.41) is 16.8. The highest BCUT2D eigenvalue weighted by molar-refractivity contribution is 5.67. The normalized spacial score (nSPS) is 12.4. The highest BCUT2D eigenvalue weighted by Gasteiger charge is 2.05. The molecule has 0 aliphatic carbocycles. The first-order valence-electron chi connectivity index (χ1n) is 7.78. The van der Waals surface area contributed by atoms with E-state index >= 15 is 0 Å². The van der Waals surface area contributed by atoms with Gasteiger partial charge in [0.25, 0.3) is 0 Å². The molecule has 0 radical (unpaired) electrons. The van der Waals surface area contributed by atoms with E-state index in [0.717, 1.165) is 22.8 Å². The Bertz CT molecular complexity index is 623. The molecular formula is C18H24ClN2O3-. The van der Waals surface area contributed by atoms with Crippen molar-refractivity contribution in [3.63, 3.8) is 0 Å². The Kier molecular flexibility index (Phi) is 8.54. The highest BCUT2D eigenvalue weighted by Crippen LogP contribution is 2.15. The van der Waals surface area contributed by atoms with Crippen LogP contribution in [0.1, 0.15) is 30.9 Å². The second-order valence-electron chi connectivity index (χ2n) is 5.80. The summed E-state index contributed by atoms with van der Waals surface area (Å²) < 4.78 is 10.7. The number of aromatic nitrogens is 1. The third-order valence-corrected chi connectivity index (χ3v) is 3.17. The Morgan fingerprint density at radius 3 is 2.54 bits per heavy atom. The number of halogens is 1. The molecule has 5 nitrogen and oxygen atoms in total. The van der Waals surface area contributed by atoms with Gasteiger partial charge in [-0.3, -0.25) is 0 Å². The Morgan fingerprint density at radius 2 is 1.96 bits per heavy atom.